The van der Waals surface area contributed by atoms with Crippen LogP contribution in [0.15, 0.2) is 0 Å². The highest BCUT2D eigenvalue weighted by atomic mass is 16.5. The summed E-state index contributed by atoms with van der Waals surface area (Å²) in [5.74, 6) is 0. The van der Waals surface area contributed by atoms with Gasteiger partial charge in [0.25, 0.3) is 0 Å². The third kappa shape index (κ3) is 4.78. The number of ether oxygens (including phenoxy) is 1. The van der Waals surface area contributed by atoms with E-state index in [9.17, 15) is 0 Å². The molecule has 2 N–H and O–H groups in total. The lowest BCUT2D eigenvalue weighted by Gasteiger charge is -2.35. The molecular weight excluding hydrogens is 204 g/mol. The predicted molar refractivity (Wildman–Crippen MR) is 65.6 cm³/mol. The Morgan fingerprint density at radius 3 is 2.88 bits per heavy atom. The second kappa shape index (κ2) is 7.22. The summed E-state index contributed by atoms with van der Waals surface area (Å²) in [5.41, 5.74) is 0. The monoisotopic (exact) mass is 230 g/mol. The molecule has 0 bridgehead atoms. The number of nitrogens with one attached hydrogen (secondary N) is 1. The van der Waals surface area contributed by atoms with Crippen LogP contribution in [0.25, 0.3) is 0 Å². The lowest BCUT2D eigenvalue weighted by atomic mass is 10.1. The van der Waals surface area contributed by atoms with Gasteiger partial charge in [-0.05, 0) is 33.7 Å². The number of morpholine rings is 1. The summed E-state index contributed by atoms with van der Waals surface area (Å²) in [5, 5.41) is 12.3. The predicted octanol–water partition coefficient (Wildman–Crippen LogP) is 0.456. The summed E-state index contributed by atoms with van der Waals surface area (Å²) < 4.78 is 5.76. The summed E-state index contributed by atoms with van der Waals surface area (Å²) in [4.78, 5) is 2.31. The zero-order valence-corrected chi connectivity index (χ0v) is 10.8. The van der Waals surface area contributed by atoms with Gasteiger partial charge in [-0.1, -0.05) is 0 Å². The third-order valence-corrected chi connectivity index (χ3v) is 3.20. The van der Waals surface area contributed by atoms with E-state index in [1.165, 1.54) is 0 Å². The van der Waals surface area contributed by atoms with Crippen molar-refractivity contribution < 1.29 is 9.84 Å². The van der Waals surface area contributed by atoms with E-state index < -0.39 is 0 Å². The van der Waals surface area contributed by atoms with Crippen molar-refractivity contribution >= 4 is 0 Å². The first kappa shape index (κ1) is 13.9. The smallest absolute Gasteiger partial charge is 0.0852 e. The summed E-state index contributed by atoms with van der Waals surface area (Å²) in [7, 11) is 2.14. The van der Waals surface area contributed by atoms with Crippen molar-refractivity contribution in [2.24, 2.45) is 0 Å². The molecule has 0 saturated carbocycles. The summed E-state index contributed by atoms with van der Waals surface area (Å²) in [6, 6.07) is 0.814. The lowest BCUT2D eigenvalue weighted by molar-refractivity contribution is -0.0370. The molecule has 0 aliphatic carbocycles. The van der Waals surface area contributed by atoms with Crippen LogP contribution in [-0.4, -0.2) is 61.5 Å². The van der Waals surface area contributed by atoms with Crippen LogP contribution in [0, 0.1) is 0 Å². The Morgan fingerprint density at radius 2 is 2.25 bits per heavy atom. The molecule has 0 spiro atoms. The third-order valence-electron chi connectivity index (χ3n) is 3.20. The van der Waals surface area contributed by atoms with E-state index in [4.69, 9.17) is 9.84 Å². The molecule has 1 aliphatic rings. The van der Waals surface area contributed by atoms with Crippen LogP contribution in [0.2, 0.25) is 0 Å². The van der Waals surface area contributed by atoms with Gasteiger partial charge in [0.15, 0.2) is 0 Å². The summed E-state index contributed by atoms with van der Waals surface area (Å²) in [6.45, 7) is 7.49. The summed E-state index contributed by atoms with van der Waals surface area (Å²) >= 11 is 0. The summed E-state index contributed by atoms with van der Waals surface area (Å²) in [6.07, 6.45) is 2.17. The van der Waals surface area contributed by atoms with Gasteiger partial charge in [-0.2, -0.15) is 0 Å². The van der Waals surface area contributed by atoms with Crippen LogP contribution in [0.5, 0.6) is 0 Å². The van der Waals surface area contributed by atoms with Gasteiger partial charge in [0, 0.05) is 31.8 Å². The van der Waals surface area contributed by atoms with E-state index in [-0.39, 0.29) is 12.7 Å². The Hall–Kier alpha value is -0.160. The van der Waals surface area contributed by atoms with E-state index in [2.05, 4.69) is 31.1 Å². The first-order valence-corrected chi connectivity index (χ1v) is 6.30. The molecule has 4 heteroatoms. The van der Waals surface area contributed by atoms with Crippen LogP contribution >= 0.6 is 0 Å². The van der Waals surface area contributed by atoms with Gasteiger partial charge in [-0.3, -0.25) is 0 Å². The van der Waals surface area contributed by atoms with Crippen molar-refractivity contribution in [1.29, 1.82) is 0 Å². The molecule has 16 heavy (non-hydrogen) atoms. The van der Waals surface area contributed by atoms with E-state index in [1.54, 1.807) is 0 Å². The molecule has 0 amide bonds. The number of aliphatic hydroxyl groups excluding tert-OH is 1. The molecular formula is C12H26N2O2. The molecule has 1 heterocycles. The first-order chi connectivity index (χ1) is 7.63. The van der Waals surface area contributed by atoms with Crippen LogP contribution in [0.1, 0.15) is 26.7 Å². The Balaban J connectivity index is 2.24. The number of hydrogen-bond donors (Lipinski definition) is 2. The highest BCUT2D eigenvalue weighted by Crippen LogP contribution is 2.08. The van der Waals surface area contributed by atoms with Crippen LogP contribution in [-0.2, 0) is 4.74 Å². The molecule has 4 nitrogen and oxygen atoms in total. The van der Waals surface area contributed by atoms with Crippen molar-refractivity contribution in [3.8, 4) is 0 Å². The Bertz CT molecular complexity index is 190. The van der Waals surface area contributed by atoms with Gasteiger partial charge in [0.2, 0.25) is 0 Å². The van der Waals surface area contributed by atoms with E-state index in [0.717, 1.165) is 32.5 Å². The van der Waals surface area contributed by atoms with Crippen molar-refractivity contribution in [3.05, 3.63) is 0 Å². The minimum atomic E-state index is 0.281. The normalized spacial score (nSPS) is 26.6. The van der Waals surface area contributed by atoms with Crippen molar-refractivity contribution in [3.63, 3.8) is 0 Å². The second-order valence-corrected chi connectivity index (χ2v) is 4.89. The fourth-order valence-corrected chi connectivity index (χ4v) is 2.15. The Morgan fingerprint density at radius 1 is 1.50 bits per heavy atom. The van der Waals surface area contributed by atoms with Gasteiger partial charge >= 0.3 is 0 Å². The Kier molecular flexibility index (Phi) is 6.28. The number of hydrogen-bond acceptors (Lipinski definition) is 4. The SMILES string of the molecule is CC(CCCO)NC(C)C1CN(C)CCO1. The standard InChI is InChI=1S/C12H26N2O2/c1-10(5-4-7-15)13-11(2)12-9-14(3)6-8-16-12/h10-13,15H,4-9H2,1-3H3. The molecule has 1 saturated heterocycles. The average Bonchev–Trinajstić information content (AvgIpc) is 2.26. The van der Waals surface area contributed by atoms with E-state index in [1.807, 2.05) is 0 Å². The first-order valence-electron chi connectivity index (χ1n) is 6.30. The van der Waals surface area contributed by atoms with Crippen molar-refractivity contribution in [2.75, 3.05) is 33.4 Å². The number of aliphatic hydroxyl groups is 1. The number of likely N-dealkylation sites (N-methyl/N-ethyl adjacent to an activating group) is 1. The van der Waals surface area contributed by atoms with E-state index in [0.29, 0.717) is 12.1 Å². The maximum atomic E-state index is 8.77. The zero-order valence-electron chi connectivity index (χ0n) is 10.8. The van der Waals surface area contributed by atoms with E-state index >= 15 is 0 Å². The zero-order chi connectivity index (χ0) is 12.0. The van der Waals surface area contributed by atoms with Crippen molar-refractivity contribution in [2.45, 2.75) is 44.9 Å². The molecule has 1 rings (SSSR count). The quantitative estimate of drug-likeness (QED) is 0.696. The molecule has 1 aliphatic heterocycles. The van der Waals surface area contributed by atoms with Crippen molar-refractivity contribution in [1.82, 2.24) is 10.2 Å². The number of nitrogens with zero attached hydrogens (tertiary/aromatic N) is 1. The molecule has 3 unspecified atom stereocenters. The van der Waals surface area contributed by atoms with Gasteiger partial charge in [-0.25, -0.2) is 0 Å². The van der Waals surface area contributed by atoms with Gasteiger partial charge in [0.05, 0.1) is 12.7 Å². The maximum absolute atomic E-state index is 8.77. The molecule has 0 aromatic rings. The minimum absolute atomic E-state index is 0.281. The highest BCUT2D eigenvalue weighted by Gasteiger charge is 2.24. The molecule has 0 aromatic heterocycles. The maximum Gasteiger partial charge on any atom is 0.0852 e. The number of rotatable bonds is 6. The molecule has 96 valence electrons. The van der Waals surface area contributed by atoms with Crippen LogP contribution in [0.4, 0.5) is 0 Å². The van der Waals surface area contributed by atoms with Gasteiger partial charge < -0.3 is 20.1 Å². The van der Waals surface area contributed by atoms with Crippen LogP contribution in [0.3, 0.4) is 0 Å². The largest absolute Gasteiger partial charge is 0.396 e. The Labute approximate surface area is 99.0 Å². The lowest BCUT2D eigenvalue weighted by Crippen LogP contribution is -2.51. The van der Waals surface area contributed by atoms with Gasteiger partial charge in [-0.15, -0.1) is 0 Å². The van der Waals surface area contributed by atoms with Gasteiger partial charge in [0.1, 0.15) is 0 Å². The molecule has 3 atom stereocenters. The molecule has 0 radical (unpaired) electrons. The fourth-order valence-electron chi connectivity index (χ4n) is 2.15. The highest BCUT2D eigenvalue weighted by molar-refractivity contribution is 4.80. The average molecular weight is 230 g/mol. The fraction of sp³-hybridized carbons (Fsp3) is 1.00. The molecule has 1 fully saturated rings. The second-order valence-electron chi connectivity index (χ2n) is 4.89. The minimum Gasteiger partial charge on any atom is -0.396 e. The van der Waals surface area contributed by atoms with Crippen LogP contribution < -0.4 is 5.32 Å². The topological polar surface area (TPSA) is 44.7 Å². The molecule has 0 aromatic carbocycles.